The van der Waals surface area contributed by atoms with E-state index in [-0.39, 0.29) is 0 Å². The first kappa shape index (κ1) is 13.5. The zero-order valence-electron chi connectivity index (χ0n) is 12.1. The van der Waals surface area contributed by atoms with E-state index in [1.54, 1.807) is 12.4 Å². The molecule has 4 heteroatoms. The molecule has 0 spiro atoms. The van der Waals surface area contributed by atoms with Crippen molar-refractivity contribution < 1.29 is 0 Å². The van der Waals surface area contributed by atoms with Crippen LogP contribution in [0.1, 0.15) is 19.8 Å². The largest absolute Gasteiger partial charge is 0.369 e. The molecule has 0 radical (unpaired) electrons. The summed E-state index contributed by atoms with van der Waals surface area (Å²) in [5.74, 6) is 1.61. The fraction of sp³-hybridized carbons (Fsp3) is 0.235. The van der Waals surface area contributed by atoms with E-state index in [1.165, 1.54) is 0 Å². The minimum absolute atomic E-state index is 0.709. The minimum atomic E-state index is 0.709. The van der Waals surface area contributed by atoms with E-state index in [9.17, 15) is 0 Å². The van der Waals surface area contributed by atoms with Gasteiger partial charge in [0.05, 0.1) is 5.52 Å². The second-order valence-corrected chi connectivity index (χ2v) is 4.93. The highest BCUT2D eigenvalue weighted by molar-refractivity contribution is 5.90. The lowest BCUT2D eigenvalue weighted by atomic mass is 10.2. The van der Waals surface area contributed by atoms with Crippen molar-refractivity contribution in [2.75, 3.05) is 11.9 Å². The molecule has 3 rings (SSSR count). The van der Waals surface area contributed by atoms with E-state index in [2.05, 4.69) is 33.3 Å². The molecular weight excluding hydrogens is 260 g/mol. The fourth-order valence-electron chi connectivity index (χ4n) is 2.22. The molecule has 21 heavy (non-hydrogen) atoms. The zero-order chi connectivity index (χ0) is 14.5. The molecule has 1 N–H and O–H groups in total. The highest BCUT2D eigenvalue weighted by atomic mass is 15.0. The van der Waals surface area contributed by atoms with Gasteiger partial charge in [0.25, 0.3) is 0 Å². The van der Waals surface area contributed by atoms with Crippen molar-refractivity contribution in [2.24, 2.45) is 0 Å². The van der Waals surface area contributed by atoms with E-state index in [4.69, 9.17) is 0 Å². The van der Waals surface area contributed by atoms with Gasteiger partial charge in [-0.3, -0.25) is 4.98 Å². The predicted molar refractivity (Wildman–Crippen MR) is 86.2 cm³/mol. The molecule has 4 nitrogen and oxygen atoms in total. The van der Waals surface area contributed by atoms with Gasteiger partial charge in [0, 0.05) is 29.9 Å². The molecule has 0 bridgehead atoms. The van der Waals surface area contributed by atoms with Crippen LogP contribution in [0.15, 0.2) is 48.8 Å². The Labute approximate surface area is 124 Å². The van der Waals surface area contributed by atoms with Gasteiger partial charge < -0.3 is 5.32 Å². The number of hydrogen-bond donors (Lipinski definition) is 1. The van der Waals surface area contributed by atoms with Crippen LogP contribution in [0.25, 0.3) is 22.3 Å². The maximum absolute atomic E-state index is 4.68. The molecule has 1 aromatic carbocycles. The minimum Gasteiger partial charge on any atom is -0.369 e. The van der Waals surface area contributed by atoms with Crippen molar-refractivity contribution in [1.29, 1.82) is 0 Å². The number of benzene rings is 1. The average Bonchev–Trinajstić information content (AvgIpc) is 2.55. The van der Waals surface area contributed by atoms with E-state index < -0.39 is 0 Å². The summed E-state index contributed by atoms with van der Waals surface area (Å²) >= 11 is 0. The molecule has 0 atom stereocenters. The van der Waals surface area contributed by atoms with Gasteiger partial charge in [-0.1, -0.05) is 25.5 Å². The van der Waals surface area contributed by atoms with Crippen molar-refractivity contribution in [2.45, 2.75) is 19.8 Å². The zero-order valence-corrected chi connectivity index (χ0v) is 12.1. The monoisotopic (exact) mass is 278 g/mol. The third-order valence-electron chi connectivity index (χ3n) is 3.35. The molecule has 2 aromatic heterocycles. The number of aromatic nitrogens is 3. The van der Waals surface area contributed by atoms with Crippen LogP contribution in [0.3, 0.4) is 0 Å². The first-order valence-corrected chi connectivity index (χ1v) is 7.29. The summed E-state index contributed by atoms with van der Waals surface area (Å²) in [6, 6.07) is 12.0. The molecule has 0 unspecified atom stereocenters. The first-order chi connectivity index (χ1) is 10.4. The number of rotatable bonds is 5. The van der Waals surface area contributed by atoms with Crippen LogP contribution >= 0.6 is 0 Å². The van der Waals surface area contributed by atoms with E-state index in [0.717, 1.165) is 41.7 Å². The summed E-state index contributed by atoms with van der Waals surface area (Å²) in [6.07, 6.45) is 5.83. The molecule has 0 aliphatic rings. The lowest BCUT2D eigenvalue weighted by Crippen LogP contribution is -2.05. The second-order valence-electron chi connectivity index (χ2n) is 4.93. The SMILES string of the molecule is CCCCNc1nc(-c2cccnc2)nc2ccccc12. The van der Waals surface area contributed by atoms with Crippen molar-refractivity contribution >= 4 is 16.7 Å². The van der Waals surface area contributed by atoms with Crippen LogP contribution < -0.4 is 5.32 Å². The number of para-hydroxylation sites is 1. The molecule has 3 aromatic rings. The van der Waals surface area contributed by atoms with E-state index >= 15 is 0 Å². The van der Waals surface area contributed by atoms with Gasteiger partial charge in [-0.2, -0.15) is 0 Å². The number of anilines is 1. The Bertz CT molecular complexity index is 725. The molecule has 0 amide bonds. The van der Waals surface area contributed by atoms with Crippen molar-refractivity contribution in [3.8, 4) is 11.4 Å². The molecule has 0 aliphatic heterocycles. The van der Waals surface area contributed by atoms with Crippen LogP contribution in [0.4, 0.5) is 5.82 Å². The molecule has 0 saturated heterocycles. The number of unbranched alkanes of at least 4 members (excludes halogenated alkanes) is 1. The first-order valence-electron chi connectivity index (χ1n) is 7.29. The summed E-state index contributed by atoms with van der Waals surface area (Å²) in [6.45, 7) is 3.10. The highest BCUT2D eigenvalue weighted by Crippen LogP contribution is 2.24. The van der Waals surface area contributed by atoms with Gasteiger partial charge in [-0.15, -0.1) is 0 Å². The molecule has 0 saturated carbocycles. The number of nitrogens with one attached hydrogen (secondary N) is 1. The number of pyridine rings is 1. The maximum Gasteiger partial charge on any atom is 0.163 e. The van der Waals surface area contributed by atoms with Gasteiger partial charge >= 0.3 is 0 Å². The summed E-state index contributed by atoms with van der Waals surface area (Å²) in [5.41, 5.74) is 1.88. The Balaban J connectivity index is 2.06. The van der Waals surface area contributed by atoms with Crippen LogP contribution in [-0.4, -0.2) is 21.5 Å². The predicted octanol–water partition coefficient (Wildman–Crippen LogP) is 3.90. The molecule has 0 fully saturated rings. The second kappa shape index (κ2) is 6.31. The highest BCUT2D eigenvalue weighted by Gasteiger charge is 2.08. The lowest BCUT2D eigenvalue weighted by Gasteiger charge is -2.10. The number of hydrogen-bond acceptors (Lipinski definition) is 4. The van der Waals surface area contributed by atoms with Gasteiger partial charge in [0.2, 0.25) is 0 Å². The van der Waals surface area contributed by atoms with Gasteiger partial charge in [-0.05, 0) is 30.7 Å². The van der Waals surface area contributed by atoms with Crippen molar-refractivity contribution in [3.05, 3.63) is 48.8 Å². The van der Waals surface area contributed by atoms with Crippen molar-refractivity contribution in [1.82, 2.24) is 15.0 Å². The van der Waals surface area contributed by atoms with E-state index in [1.807, 2.05) is 30.3 Å². The lowest BCUT2D eigenvalue weighted by molar-refractivity contribution is 0.832. The van der Waals surface area contributed by atoms with Gasteiger partial charge in [0.1, 0.15) is 5.82 Å². The smallest absolute Gasteiger partial charge is 0.163 e. The van der Waals surface area contributed by atoms with Gasteiger partial charge in [-0.25, -0.2) is 9.97 Å². The molecule has 106 valence electrons. The Kier molecular flexibility index (Phi) is 4.05. The third kappa shape index (κ3) is 2.99. The summed E-state index contributed by atoms with van der Waals surface area (Å²) in [4.78, 5) is 13.5. The quantitative estimate of drug-likeness (QED) is 0.719. The topological polar surface area (TPSA) is 50.7 Å². The van der Waals surface area contributed by atoms with Gasteiger partial charge in [0.15, 0.2) is 5.82 Å². The number of nitrogens with zero attached hydrogens (tertiary/aromatic N) is 3. The van der Waals surface area contributed by atoms with E-state index in [0.29, 0.717) is 5.82 Å². The summed E-state index contributed by atoms with van der Waals surface area (Å²) < 4.78 is 0. The number of fused-ring (bicyclic) bond motifs is 1. The standard InChI is InChI=1S/C17H18N4/c1-2-3-11-19-17-14-8-4-5-9-15(14)20-16(21-17)13-7-6-10-18-12-13/h4-10,12H,2-3,11H2,1H3,(H,19,20,21). The summed E-state index contributed by atoms with van der Waals surface area (Å²) in [5, 5.41) is 4.48. The summed E-state index contributed by atoms with van der Waals surface area (Å²) in [7, 11) is 0. The Morgan fingerprint density at radius 3 is 2.76 bits per heavy atom. The normalized spacial score (nSPS) is 10.7. The molecule has 2 heterocycles. The maximum atomic E-state index is 4.68. The third-order valence-corrected chi connectivity index (χ3v) is 3.35. The van der Waals surface area contributed by atoms with Crippen LogP contribution in [0.5, 0.6) is 0 Å². The molecular formula is C17H18N4. The van der Waals surface area contributed by atoms with Crippen LogP contribution in [-0.2, 0) is 0 Å². The Morgan fingerprint density at radius 1 is 1.05 bits per heavy atom. The Morgan fingerprint density at radius 2 is 1.95 bits per heavy atom. The molecule has 0 aliphatic carbocycles. The average molecular weight is 278 g/mol. The Hall–Kier alpha value is -2.49. The van der Waals surface area contributed by atoms with Crippen molar-refractivity contribution in [3.63, 3.8) is 0 Å². The van der Waals surface area contributed by atoms with Crippen LogP contribution in [0.2, 0.25) is 0 Å². The fourth-order valence-corrected chi connectivity index (χ4v) is 2.22. The van der Waals surface area contributed by atoms with Crippen LogP contribution in [0, 0.1) is 0 Å².